The highest BCUT2D eigenvalue weighted by Gasteiger charge is 2.42. The summed E-state index contributed by atoms with van der Waals surface area (Å²) in [6, 6.07) is 7.04. The maximum atomic E-state index is 11.2. The number of benzene rings is 1. The Balaban J connectivity index is 1.80. The van der Waals surface area contributed by atoms with E-state index in [1.165, 1.54) is 7.11 Å². The Hall–Kier alpha value is -1.34. The van der Waals surface area contributed by atoms with E-state index >= 15 is 0 Å². The van der Waals surface area contributed by atoms with Crippen LogP contribution in [-0.4, -0.2) is 52.3 Å². The first kappa shape index (κ1) is 26.9. The SMILES string of the molecule is COC(=O)CCCCCC[C@@H]1[C@@H](CCC(O)C(C)(C)Oc2ccc(Cl)cc2)[C@H](O)C[C@@H]1O. The van der Waals surface area contributed by atoms with Crippen LogP contribution >= 0.6 is 11.6 Å². The van der Waals surface area contributed by atoms with E-state index in [1.807, 2.05) is 13.8 Å². The molecule has 0 amide bonds. The molecule has 2 rings (SSSR count). The molecule has 0 radical (unpaired) electrons. The molecule has 0 aliphatic heterocycles. The third-order valence-electron chi connectivity index (χ3n) is 6.69. The highest BCUT2D eigenvalue weighted by molar-refractivity contribution is 6.30. The van der Waals surface area contributed by atoms with Gasteiger partial charge in [-0.2, -0.15) is 0 Å². The van der Waals surface area contributed by atoms with Gasteiger partial charge in [0, 0.05) is 11.4 Å². The summed E-state index contributed by atoms with van der Waals surface area (Å²) in [4.78, 5) is 11.2. The zero-order valence-corrected chi connectivity index (χ0v) is 20.3. The van der Waals surface area contributed by atoms with Gasteiger partial charge in [0.25, 0.3) is 0 Å². The summed E-state index contributed by atoms with van der Waals surface area (Å²) in [5.41, 5.74) is -0.800. The lowest BCUT2D eigenvalue weighted by molar-refractivity contribution is -0.140. The lowest BCUT2D eigenvalue weighted by Crippen LogP contribution is -2.42. The monoisotopic (exact) mass is 470 g/mol. The van der Waals surface area contributed by atoms with Crippen molar-refractivity contribution in [1.29, 1.82) is 0 Å². The number of rotatable bonds is 13. The third kappa shape index (κ3) is 8.22. The highest BCUT2D eigenvalue weighted by atomic mass is 35.5. The fourth-order valence-electron chi connectivity index (χ4n) is 4.66. The first-order chi connectivity index (χ1) is 15.1. The Kier molecular flexibility index (Phi) is 10.7. The van der Waals surface area contributed by atoms with Gasteiger partial charge in [-0.05, 0) is 82.1 Å². The van der Waals surface area contributed by atoms with E-state index in [0.29, 0.717) is 36.5 Å². The van der Waals surface area contributed by atoms with Gasteiger partial charge in [-0.1, -0.05) is 30.9 Å². The summed E-state index contributed by atoms with van der Waals surface area (Å²) >= 11 is 5.92. The highest BCUT2D eigenvalue weighted by Crippen LogP contribution is 2.40. The summed E-state index contributed by atoms with van der Waals surface area (Å²) < 4.78 is 10.6. The van der Waals surface area contributed by atoms with Crippen LogP contribution in [0.15, 0.2) is 24.3 Å². The van der Waals surface area contributed by atoms with Gasteiger partial charge in [0.1, 0.15) is 11.4 Å². The molecule has 0 heterocycles. The van der Waals surface area contributed by atoms with E-state index < -0.39 is 23.9 Å². The smallest absolute Gasteiger partial charge is 0.305 e. The molecular weight excluding hydrogens is 432 g/mol. The molecular formula is C25H39ClO6. The molecule has 1 fully saturated rings. The van der Waals surface area contributed by atoms with Crippen molar-refractivity contribution in [2.24, 2.45) is 11.8 Å². The summed E-state index contributed by atoms with van der Waals surface area (Å²) in [6.07, 6.45) is 4.65. The van der Waals surface area contributed by atoms with Crippen LogP contribution < -0.4 is 4.74 Å². The van der Waals surface area contributed by atoms with Crippen molar-refractivity contribution in [2.45, 2.75) is 95.5 Å². The fourth-order valence-corrected chi connectivity index (χ4v) is 4.78. The van der Waals surface area contributed by atoms with Crippen LogP contribution in [0.25, 0.3) is 0 Å². The predicted octanol–water partition coefficient (Wildman–Crippen LogP) is 4.51. The molecule has 0 aromatic heterocycles. The van der Waals surface area contributed by atoms with Crippen molar-refractivity contribution in [1.82, 2.24) is 0 Å². The number of aliphatic hydroxyl groups excluding tert-OH is 3. The summed E-state index contributed by atoms with van der Waals surface area (Å²) in [6.45, 7) is 3.69. The van der Waals surface area contributed by atoms with E-state index in [1.54, 1.807) is 24.3 Å². The number of ether oxygens (including phenoxy) is 2. The van der Waals surface area contributed by atoms with Crippen LogP contribution in [0, 0.1) is 11.8 Å². The minimum atomic E-state index is -0.800. The molecule has 0 spiro atoms. The minimum absolute atomic E-state index is 0.0260. The molecule has 1 aromatic carbocycles. The molecule has 6 nitrogen and oxygen atoms in total. The molecule has 7 heteroatoms. The van der Waals surface area contributed by atoms with Crippen molar-refractivity contribution < 1.29 is 29.6 Å². The molecule has 1 aliphatic rings. The normalized spacial score (nSPS) is 24.3. The Morgan fingerprint density at radius 3 is 2.28 bits per heavy atom. The summed E-state index contributed by atoms with van der Waals surface area (Å²) in [7, 11) is 1.40. The van der Waals surface area contributed by atoms with Gasteiger partial charge in [-0.25, -0.2) is 0 Å². The number of carbonyl (C=O) groups is 1. The topological polar surface area (TPSA) is 96.2 Å². The second kappa shape index (κ2) is 12.8. The molecule has 5 atom stereocenters. The number of esters is 1. The zero-order chi connectivity index (χ0) is 23.7. The molecule has 0 bridgehead atoms. The predicted molar refractivity (Wildman–Crippen MR) is 125 cm³/mol. The number of hydrogen-bond donors (Lipinski definition) is 3. The largest absolute Gasteiger partial charge is 0.485 e. The molecule has 3 N–H and O–H groups in total. The quantitative estimate of drug-likeness (QED) is 0.290. The Labute approximate surface area is 196 Å². The Bertz CT molecular complexity index is 692. The van der Waals surface area contributed by atoms with E-state index in [9.17, 15) is 20.1 Å². The van der Waals surface area contributed by atoms with Gasteiger partial charge in [0.05, 0.1) is 25.4 Å². The number of aliphatic hydroxyl groups is 3. The van der Waals surface area contributed by atoms with Gasteiger partial charge in [0.15, 0.2) is 0 Å². The van der Waals surface area contributed by atoms with Crippen LogP contribution in [0.1, 0.15) is 71.6 Å². The average Bonchev–Trinajstić information content (AvgIpc) is 3.02. The van der Waals surface area contributed by atoms with Gasteiger partial charge in [-0.3, -0.25) is 4.79 Å². The first-order valence-electron chi connectivity index (χ1n) is 11.7. The molecule has 1 unspecified atom stereocenters. The third-order valence-corrected chi connectivity index (χ3v) is 6.94. The van der Waals surface area contributed by atoms with Gasteiger partial charge in [-0.15, -0.1) is 0 Å². The molecule has 182 valence electrons. The number of unbranched alkanes of at least 4 members (excludes halogenated alkanes) is 3. The maximum absolute atomic E-state index is 11.2. The van der Waals surface area contributed by atoms with Crippen LogP contribution in [0.4, 0.5) is 0 Å². The lowest BCUT2D eigenvalue weighted by atomic mass is 9.83. The lowest BCUT2D eigenvalue weighted by Gasteiger charge is -2.33. The summed E-state index contributed by atoms with van der Waals surface area (Å²) in [5.74, 6) is 0.444. The molecule has 1 aliphatic carbocycles. The van der Waals surface area contributed by atoms with Crippen molar-refractivity contribution in [3.63, 3.8) is 0 Å². The number of halogens is 1. The van der Waals surface area contributed by atoms with E-state index in [2.05, 4.69) is 4.74 Å². The molecule has 1 saturated carbocycles. The summed E-state index contributed by atoms with van der Waals surface area (Å²) in [5, 5.41) is 32.4. The van der Waals surface area contributed by atoms with Crippen molar-refractivity contribution >= 4 is 17.6 Å². The minimum Gasteiger partial charge on any atom is -0.485 e. The number of hydrogen-bond acceptors (Lipinski definition) is 6. The van der Waals surface area contributed by atoms with Crippen LogP contribution in [0.2, 0.25) is 5.02 Å². The Morgan fingerprint density at radius 2 is 1.66 bits per heavy atom. The second-order valence-electron chi connectivity index (χ2n) is 9.48. The van der Waals surface area contributed by atoms with E-state index in [-0.39, 0.29) is 17.8 Å². The van der Waals surface area contributed by atoms with Gasteiger partial charge in [0.2, 0.25) is 0 Å². The van der Waals surface area contributed by atoms with Crippen molar-refractivity contribution in [3.05, 3.63) is 29.3 Å². The van der Waals surface area contributed by atoms with Gasteiger partial charge < -0.3 is 24.8 Å². The zero-order valence-electron chi connectivity index (χ0n) is 19.5. The first-order valence-corrected chi connectivity index (χ1v) is 12.1. The molecule has 32 heavy (non-hydrogen) atoms. The average molecular weight is 471 g/mol. The van der Waals surface area contributed by atoms with Gasteiger partial charge >= 0.3 is 5.97 Å². The molecule has 0 saturated heterocycles. The van der Waals surface area contributed by atoms with Crippen molar-refractivity contribution in [2.75, 3.05) is 7.11 Å². The van der Waals surface area contributed by atoms with Crippen LogP contribution in [0.5, 0.6) is 5.75 Å². The standard InChI is InChI=1S/C25H39ClO6/c1-25(2,32-18-12-10-17(26)11-13-18)23(29)15-14-20-19(21(27)16-22(20)28)8-6-4-5-7-9-24(30)31-3/h10-13,19-23,27-29H,4-9,14-16H2,1-3H3/t19-,20-,21+,22-,23?/m1/s1. The van der Waals surface area contributed by atoms with Crippen molar-refractivity contribution in [3.8, 4) is 5.75 Å². The van der Waals surface area contributed by atoms with E-state index in [4.69, 9.17) is 16.3 Å². The van der Waals surface area contributed by atoms with E-state index in [0.717, 1.165) is 32.1 Å². The number of methoxy groups -OCH3 is 1. The van der Waals surface area contributed by atoms with Crippen LogP contribution in [-0.2, 0) is 9.53 Å². The fraction of sp³-hybridized carbons (Fsp3) is 0.720. The van der Waals surface area contributed by atoms with Crippen LogP contribution in [0.3, 0.4) is 0 Å². The second-order valence-corrected chi connectivity index (χ2v) is 9.92. The number of carbonyl (C=O) groups excluding carboxylic acids is 1. The maximum Gasteiger partial charge on any atom is 0.305 e. The molecule has 1 aromatic rings. The Morgan fingerprint density at radius 1 is 1.06 bits per heavy atom.